The zero-order valence-corrected chi connectivity index (χ0v) is 9.46. The summed E-state index contributed by atoms with van der Waals surface area (Å²) in [5, 5.41) is 11.1. The molecule has 0 saturated heterocycles. The average Bonchev–Trinajstić information content (AvgIpc) is 2.73. The molecule has 2 aromatic rings. The number of pyridine rings is 1. The van der Waals surface area contributed by atoms with Gasteiger partial charge < -0.3 is 5.32 Å². The maximum absolute atomic E-state index is 4.00. The third-order valence-corrected chi connectivity index (χ3v) is 2.60. The molecular formula is C11H15N5. The highest BCUT2D eigenvalue weighted by Crippen LogP contribution is 2.10. The van der Waals surface area contributed by atoms with E-state index in [0.29, 0.717) is 0 Å². The number of nitrogens with zero attached hydrogens (tertiary/aromatic N) is 4. The topological polar surface area (TPSA) is 55.6 Å². The summed E-state index contributed by atoms with van der Waals surface area (Å²) in [7, 11) is 1.89. The minimum absolute atomic E-state index is 0.290. The lowest BCUT2D eigenvalue weighted by Crippen LogP contribution is -2.19. The van der Waals surface area contributed by atoms with E-state index in [-0.39, 0.29) is 6.04 Å². The summed E-state index contributed by atoms with van der Waals surface area (Å²) in [6, 6.07) is 4.32. The molecule has 0 aliphatic heterocycles. The molecule has 0 spiro atoms. The van der Waals surface area contributed by atoms with Gasteiger partial charge in [0.15, 0.2) is 0 Å². The van der Waals surface area contributed by atoms with E-state index in [4.69, 9.17) is 0 Å². The minimum Gasteiger partial charge on any atom is -0.305 e. The van der Waals surface area contributed by atoms with Crippen LogP contribution in [-0.2, 0) is 13.6 Å². The molecule has 2 aromatic heterocycles. The number of hydrogen-bond donors (Lipinski definition) is 1. The van der Waals surface area contributed by atoms with Crippen molar-refractivity contribution in [3.63, 3.8) is 0 Å². The van der Waals surface area contributed by atoms with Crippen molar-refractivity contribution in [2.45, 2.75) is 19.5 Å². The highest BCUT2D eigenvalue weighted by atomic mass is 15.4. The van der Waals surface area contributed by atoms with Gasteiger partial charge in [0.2, 0.25) is 0 Å². The van der Waals surface area contributed by atoms with E-state index in [9.17, 15) is 0 Å². The Bertz CT molecular complexity index is 437. The van der Waals surface area contributed by atoms with Gasteiger partial charge in [0.1, 0.15) is 0 Å². The third-order valence-electron chi connectivity index (χ3n) is 2.60. The first kappa shape index (κ1) is 10.8. The van der Waals surface area contributed by atoms with Crippen LogP contribution in [0.4, 0.5) is 0 Å². The summed E-state index contributed by atoms with van der Waals surface area (Å²) in [6.07, 6.45) is 5.38. The molecule has 84 valence electrons. The number of hydrogen-bond acceptors (Lipinski definition) is 4. The van der Waals surface area contributed by atoms with E-state index in [1.165, 1.54) is 5.56 Å². The van der Waals surface area contributed by atoms with Gasteiger partial charge in [0.25, 0.3) is 0 Å². The molecule has 0 saturated carbocycles. The summed E-state index contributed by atoms with van der Waals surface area (Å²) >= 11 is 0. The van der Waals surface area contributed by atoms with Crippen molar-refractivity contribution in [2.24, 2.45) is 7.05 Å². The zero-order valence-electron chi connectivity index (χ0n) is 9.46. The van der Waals surface area contributed by atoms with Gasteiger partial charge >= 0.3 is 0 Å². The van der Waals surface area contributed by atoms with Crippen LogP contribution in [0.2, 0.25) is 0 Å². The van der Waals surface area contributed by atoms with E-state index in [1.807, 2.05) is 19.2 Å². The van der Waals surface area contributed by atoms with Crippen LogP contribution < -0.4 is 5.32 Å². The fourth-order valence-electron chi connectivity index (χ4n) is 1.50. The Morgan fingerprint density at radius 3 is 2.75 bits per heavy atom. The molecule has 5 nitrogen and oxygen atoms in total. The molecule has 5 heteroatoms. The van der Waals surface area contributed by atoms with Crippen LogP contribution in [0.5, 0.6) is 0 Å². The predicted octanol–water partition coefficient (Wildman–Crippen LogP) is 1.06. The van der Waals surface area contributed by atoms with Gasteiger partial charge in [0, 0.05) is 32.0 Å². The lowest BCUT2D eigenvalue weighted by atomic mass is 10.1. The molecule has 0 aliphatic carbocycles. The van der Waals surface area contributed by atoms with Crippen LogP contribution in [0.1, 0.15) is 24.2 Å². The first-order valence-electron chi connectivity index (χ1n) is 5.24. The van der Waals surface area contributed by atoms with Crippen molar-refractivity contribution >= 4 is 0 Å². The average molecular weight is 217 g/mol. The molecule has 0 amide bonds. The molecule has 0 bridgehead atoms. The van der Waals surface area contributed by atoms with Gasteiger partial charge in [0.05, 0.1) is 11.9 Å². The molecular weight excluding hydrogens is 202 g/mol. The lowest BCUT2D eigenvalue weighted by molar-refractivity contribution is 0.546. The monoisotopic (exact) mass is 217 g/mol. The van der Waals surface area contributed by atoms with Crippen molar-refractivity contribution < 1.29 is 0 Å². The van der Waals surface area contributed by atoms with Gasteiger partial charge in [-0.2, -0.15) is 0 Å². The smallest absolute Gasteiger partial charge is 0.0738 e. The van der Waals surface area contributed by atoms with Crippen molar-refractivity contribution in [1.29, 1.82) is 0 Å². The largest absolute Gasteiger partial charge is 0.305 e. The Morgan fingerprint density at radius 1 is 1.38 bits per heavy atom. The van der Waals surface area contributed by atoms with Crippen LogP contribution in [-0.4, -0.2) is 20.0 Å². The van der Waals surface area contributed by atoms with Crippen molar-refractivity contribution in [2.75, 3.05) is 0 Å². The zero-order chi connectivity index (χ0) is 11.4. The first-order chi connectivity index (χ1) is 7.77. The molecule has 0 aliphatic rings. The predicted molar refractivity (Wildman–Crippen MR) is 60.5 cm³/mol. The summed E-state index contributed by atoms with van der Waals surface area (Å²) in [4.78, 5) is 4.00. The standard InChI is InChI=1S/C11H15N5/c1-9(10-3-5-12-6-4-10)13-7-11-8-14-15-16(11)2/h3-6,8-9,13H,7H2,1-2H3/t9-/m1/s1. The van der Waals surface area contributed by atoms with Crippen LogP contribution >= 0.6 is 0 Å². The fourth-order valence-corrected chi connectivity index (χ4v) is 1.50. The van der Waals surface area contributed by atoms with E-state index in [1.54, 1.807) is 23.3 Å². The van der Waals surface area contributed by atoms with Crippen molar-refractivity contribution in [3.05, 3.63) is 42.0 Å². The van der Waals surface area contributed by atoms with Crippen LogP contribution in [0.3, 0.4) is 0 Å². The molecule has 0 fully saturated rings. The highest BCUT2D eigenvalue weighted by molar-refractivity contribution is 5.14. The summed E-state index contributed by atoms with van der Waals surface area (Å²) in [6.45, 7) is 2.88. The molecule has 0 aromatic carbocycles. The van der Waals surface area contributed by atoms with Gasteiger partial charge in [-0.25, -0.2) is 0 Å². The Hall–Kier alpha value is -1.75. The SMILES string of the molecule is C[C@@H](NCc1cnnn1C)c1ccncc1. The Kier molecular flexibility index (Phi) is 3.26. The number of aromatic nitrogens is 4. The van der Waals surface area contributed by atoms with Crippen LogP contribution in [0, 0.1) is 0 Å². The summed E-state index contributed by atoms with van der Waals surface area (Å²) < 4.78 is 1.77. The second-order valence-corrected chi connectivity index (χ2v) is 3.73. The second-order valence-electron chi connectivity index (χ2n) is 3.73. The summed E-state index contributed by atoms with van der Waals surface area (Å²) in [5.74, 6) is 0. The second kappa shape index (κ2) is 4.85. The number of rotatable bonds is 4. The fraction of sp³-hybridized carbons (Fsp3) is 0.364. The van der Waals surface area contributed by atoms with Crippen LogP contribution in [0.15, 0.2) is 30.7 Å². The molecule has 2 rings (SSSR count). The molecule has 0 radical (unpaired) electrons. The number of aryl methyl sites for hydroxylation is 1. The van der Waals surface area contributed by atoms with Crippen molar-refractivity contribution in [1.82, 2.24) is 25.3 Å². The van der Waals surface area contributed by atoms with Crippen molar-refractivity contribution in [3.8, 4) is 0 Å². The third kappa shape index (κ3) is 2.43. The minimum atomic E-state index is 0.290. The Balaban J connectivity index is 1.94. The van der Waals surface area contributed by atoms with E-state index in [2.05, 4.69) is 27.5 Å². The van der Waals surface area contributed by atoms with E-state index < -0.39 is 0 Å². The van der Waals surface area contributed by atoms with E-state index in [0.717, 1.165) is 12.2 Å². The first-order valence-corrected chi connectivity index (χ1v) is 5.24. The molecule has 1 N–H and O–H groups in total. The Morgan fingerprint density at radius 2 is 2.12 bits per heavy atom. The maximum Gasteiger partial charge on any atom is 0.0738 e. The maximum atomic E-state index is 4.00. The normalized spacial score (nSPS) is 12.6. The number of nitrogens with one attached hydrogen (secondary N) is 1. The molecule has 0 unspecified atom stereocenters. The highest BCUT2D eigenvalue weighted by Gasteiger charge is 2.05. The van der Waals surface area contributed by atoms with Gasteiger partial charge in [-0.3, -0.25) is 9.67 Å². The Labute approximate surface area is 94.5 Å². The molecule has 16 heavy (non-hydrogen) atoms. The lowest BCUT2D eigenvalue weighted by Gasteiger charge is -2.13. The summed E-state index contributed by atoms with van der Waals surface area (Å²) in [5.41, 5.74) is 2.30. The van der Waals surface area contributed by atoms with Gasteiger partial charge in [-0.05, 0) is 24.6 Å². The van der Waals surface area contributed by atoms with Gasteiger partial charge in [-0.1, -0.05) is 5.21 Å². The molecule has 1 atom stereocenters. The molecule has 2 heterocycles. The van der Waals surface area contributed by atoms with Gasteiger partial charge in [-0.15, -0.1) is 5.10 Å². The van der Waals surface area contributed by atoms with Crippen LogP contribution in [0.25, 0.3) is 0 Å². The quantitative estimate of drug-likeness (QED) is 0.832. The van der Waals surface area contributed by atoms with E-state index >= 15 is 0 Å².